The topological polar surface area (TPSA) is 51.2 Å². The SMILES string of the molecule is CC(C)(C)OC(=O)NCc1nc(CCl)cs1. The number of amides is 1. The van der Waals surface area contributed by atoms with Crippen LogP contribution in [0.3, 0.4) is 0 Å². The van der Waals surface area contributed by atoms with Gasteiger partial charge in [0.25, 0.3) is 0 Å². The van der Waals surface area contributed by atoms with Gasteiger partial charge in [-0.3, -0.25) is 0 Å². The van der Waals surface area contributed by atoms with Crippen molar-refractivity contribution in [1.82, 2.24) is 10.3 Å². The van der Waals surface area contributed by atoms with E-state index in [4.69, 9.17) is 16.3 Å². The molecule has 0 atom stereocenters. The molecule has 0 aromatic carbocycles. The Bertz CT molecular complexity index is 360. The third-order valence-electron chi connectivity index (χ3n) is 1.52. The van der Waals surface area contributed by atoms with Crippen molar-refractivity contribution in [1.29, 1.82) is 0 Å². The summed E-state index contributed by atoms with van der Waals surface area (Å²) in [5.41, 5.74) is 0.349. The number of nitrogens with zero attached hydrogens (tertiary/aromatic N) is 1. The lowest BCUT2D eigenvalue weighted by Gasteiger charge is -2.19. The lowest BCUT2D eigenvalue weighted by Crippen LogP contribution is -2.32. The smallest absolute Gasteiger partial charge is 0.408 e. The highest BCUT2D eigenvalue weighted by Gasteiger charge is 2.15. The zero-order valence-electron chi connectivity index (χ0n) is 9.54. The van der Waals surface area contributed by atoms with Gasteiger partial charge in [-0.05, 0) is 20.8 Å². The number of carbonyl (C=O) groups excluding carboxylic acids is 1. The molecule has 1 aromatic heterocycles. The molecule has 0 aliphatic carbocycles. The molecule has 90 valence electrons. The van der Waals surface area contributed by atoms with Crippen molar-refractivity contribution in [3.8, 4) is 0 Å². The normalized spacial score (nSPS) is 11.2. The first-order valence-electron chi connectivity index (χ1n) is 4.87. The lowest BCUT2D eigenvalue weighted by molar-refractivity contribution is 0.0523. The Hall–Kier alpha value is -0.810. The first-order chi connectivity index (χ1) is 7.40. The second-order valence-corrected chi connectivity index (χ2v) is 5.43. The van der Waals surface area contributed by atoms with Crippen LogP contribution in [0.2, 0.25) is 0 Å². The number of hydrogen-bond acceptors (Lipinski definition) is 4. The van der Waals surface area contributed by atoms with Gasteiger partial charge in [0.15, 0.2) is 0 Å². The van der Waals surface area contributed by atoms with Crippen molar-refractivity contribution < 1.29 is 9.53 Å². The van der Waals surface area contributed by atoms with Crippen LogP contribution in [-0.4, -0.2) is 16.7 Å². The number of hydrogen-bond donors (Lipinski definition) is 1. The number of rotatable bonds is 3. The van der Waals surface area contributed by atoms with Crippen molar-refractivity contribution in [3.05, 3.63) is 16.1 Å². The van der Waals surface area contributed by atoms with Gasteiger partial charge in [-0.15, -0.1) is 22.9 Å². The standard InChI is InChI=1S/C10H15ClN2O2S/c1-10(2,3)15-9(14)12-5-8-13-7(4-11)6-16-8/h6H,4-5H2,1-3H3,(H,12,14). The number of alkyl halides is 1. The average molecular weight is 263 g/mol. The van der Waals surface area contributed by atoms with Crippen LogP contribution >= 0.6 is 22.9 Å². The van der Waals surface area contributed by atoms with Gasteiger partial charge in [-0.25, -0.2) is 9.78 Å². The first kappa shape index (κ1) is 13.3. The van der Waals surface area contributed by atoms with E-state index < -0.39 is 11.7 Å². The number of halogens is 1. The van der Waals surface area contributed by atoms with Crippen molar-refractivity contribution >= 4 is 29.0 Å². The van der Waals surface area contributed by atoms with Gasteiger partial charge in [-0.1, -0.05) is 0 Å². The maximum absolute atomic E-state index is 11.3. The Kier molecular flexibility index (Phi) is 4.56. The van der Waals surface area contributed by atoms with Crippen molar-refractivity contribution in [2.24, 2.45) is 0 Å². The Morgan fingerprint density at radius 1 is 1.62 bits per heavy atom. The highest BCUT2D eigenvalue weighted by Crippen LogP contribution is 2.12. The van der Waals surface area contributed by atoms with Gasteiger partial charge in [0.05, 0.1) is 18.1 Å². The first-order valence-corrected chi connectivity index (χ1v) is 6.28. The third kappa shape index (κ3) is 4.81. The lowest BCUT2D eigenvalue weighted by atomic mass is 10.2. The molecule has 0 fully saturated rings. The van der Waals surface area contributed by atoms with Crippen molar-refractivity contribution in [2.45, 2.75) is 38.8 Å². The van der Waals surface area contributed by atoms with Crippen LogP contribution in [0.15, 0.2) is 5.38 Å². The second kappa shape index (κ2) is 5.50. The van der Waals surface area contributed by atoms with Gasteiger partial charge < -0.3 is 10.1 Å². The van der Waals surface area contributed by atoms with E-state index >= 15 is 0 Å². The Balaban J connectivity index is 2.37. The predicted octanol–water partition coefficient (Wildman–Crippen LogP) is 2.91. The minimum atomic E-state index is -0.478. The molecule has 0 saturated heterocycles. The molecular formula is C10H15ClN2O2S. The molecule has 4 nitrogen and oxygen atoms in total. The second-order valence-electron chi connectivity index (χ2n) is 4.22. The largest absolute Gasteiger partial charge is 0.444 e. The molecule has 1 rings (SSSR count). The summed E-state index contributed by atoms with van der Waals surface area (Å²) in [5.74, 6) is 0.392. The van der Waals surface area contributed by atoms with Crippen LogP contribution in [0, 0.1) is 0 Å². The Morgan fingerprint density at radius 3 is 2.81 bits per heavy atom. The molecule has 0 unspecified atom stereocenters. The van der Waals surface area contributed by atoms with Crippen LogP contribution in [0.1, 0.15) is 31.5 Å². The van der Waals surface area contributed by atoms with Gasteiger partial charge in [-0.2, -0.15) is 0 Å². The summed E-state index contributed by atoms with van der Waals surface area (Å²) >= 11 is 7.09. The number of thiazole rings is 1. The quantitative estimate of drug-likeness (QED) is 0.852. The number of ether oxygens (including phenoxy) is 1. The summed E-state index contributed by atoms with van der Waals surface area (Å²) in [7, 11) is 0. The van der Waals surface area contributed by atoms with E-state index in [0.29, 0.717) is 12.4 Å². The summed E-state index contributed by atoms with van der Waals surface area (Å²) in [4.78, 5) is 15.5. The molecule has 0 saturated carbocycles. The fourth-order valence-electron chi connectivity index (χ4n) is 0.953. The van der Waals surface area contributed by atoms with Crippen LogP contribution in [-0.2, 0) is 17.2 Å². The van der Waals surface area contributed by atoms with Crippen LogP contribution < -0.4 is 5.32 Å². The van der Waals surface area contributed by atoms with Gasteiger partial charge in [0, 0.05) is 5.38 Å². The molecule has 0 radical (unpaired) electrons. The van der Waals surface area contributed by atoms with Gasteiger partial charge in [0.1, 0.15) is 10.6 Å². The summed E-state index contributed by atoms with van der Waals surface area (Å²) in [6.45, 7) is 5.83. The summed E-state index contributed by atoms with van der Waals surface area (Å²) in [6, 6.07) is 0. The highest BCUT2D eigenvalue weighted by molar-refractivity contribution is 7.09. The molecule has 1 N–H and O–H groups in total. The van der Waals surface area contributed by atoms with Crippen molar-refractivity contribution in [3.63, 3.8) is 0 Å². The number of nitrogens with one attached hydrogen (secondary N) is 1. The zero-order valence-corrected chi connectivity index (χ0v) is 11.1. The molecule has 0 aliphatic rings. The van der Waals surface area contributed by atoms with Crippen molar-refractivity contribution in [2.75, 3.05) is 0 Å². The van der Waals surface area contributed by atoms with E-state index in [-0.39, 0.29) is 0 Å². The molecule has 0 aliphatic heterocycles. The molecule has 1 heterocycles. The molecule has 1 amide bonds. The Labute approximate surface area is 104 Å². The van der Waals surface area contributed by atoms with Crippen LogP contribution in [0.4, 0.5) is 4.79 Å². The summed E-state index contributed by atoms with van der Waals surface area (Å²) in [5, 5.41) is 5.33. The number of carbonyl (C=O) groups is 1. The van der Waals surface area contributed by atoms with Crippen LogP contribution in [0.25, 0.3) is 0 Å². The molecular weight excluding hydrogens is 248 g/mol. The third-order valence-corrected chi connectivity index (χ3v) is 2.69. The summed E-state index contributed by atoms with van der Waals surface area (Å²) < 4.78 is 5.09. The molecule has 0 spiro atoms. The van der Waals surface area contributed by atoms with E-state index in [1.54, 1.807) is 0 Å². The van der Waals surface area contributed by atoms with Gasteiger partial charge in [0.2, 0.25) is 0 Å². The van der Waals surface area contributed by atoms with E-state index in [9.17, 15) is 4.79 Å². The highest BCUT2D eigenvalue weighted by atomic mass is 35.5. The molecule has 16 heavy (non-hydrogen) atoms. The van der Waals surface area contributed by atoms with E-state index in [2.05, 4.69) is 10.3 Å². The maximum atomic E-state index is 11.3. The molecule has 1 aromatic rings. The fraction of sp³-hybridized carbons (Fsp3) is 0.600. The Morgan fingerprint density at radius 2 is 2.31 bits per heavy atom. The minimum absolute atomic E-state index is 0.371. The van der Waals surface area contributed by atoms with E-state index in [1.165, 1.54) is 11.3 Å². The molecule has 6 heteroatoms. The number of alkyl carbamates (subject to hydrolysis) is 1. The monoisotopic (exact) mass is 262 g/mol. The van der Waals surface area contributed by atoms with E-state index in [0.717, 1.165) is 10.7 Å². The molecule has 0 bridgehead atoms. The predicted molar refractivity (Wildman–Crippen MR) is 64.7 cm³/mol. The van der Waals surface area contributed by atoms with E-state index in [1.807, 2.05) is 26.2 Å². The minimum Gasteiger partial charge on any atom is -0.444 e. The average Bonchev–Trinajstić information content (AvgIpc) is 2.59. The van der Waals surface area contributed by atoms with Crippen LogP contribution in [0.5, 0.6) is 0 Å². The number of aromatic nitrogens is 1. The van der Waals surface area contributed by atoms with Gasteiger partial charge >= 0.3 is 6.09 Å². The fourth-order valence-corrected chi connectivity index (χ4v) is 1.92. The zero-order chi connectivity index (χ0) is 12.2. The maximum Gasteiger partial charge on any atom is 0.408 e. The summed E-state index contributed by atoms with van der Waals surface area (Å²) in [6.07, 6.45) is -0.435.